The van der Waals surface area contributed by atoms with Crippen LogP contribution < -0.4 is 119 Å². The number of aliphatic hydroxyl groups excluding tert-OH is 1. The van der Waals surface area contributed by atoms with Crippen molar-refractivity contribution in [1.29, 1.82) is 5.41 Å². The second-order valence-corrected chi connectivity index (χ2v) is 34.5. The Morgan fingerprint density at radius 3 is 1.24 bits per heavy atom. The standard InChI is InChI=1S/C81H132N26O29/c1-33(2)22-43(99-76(131)60(35(5)6)103-71(126)47(26-54(85)111)96-68(123)45(24-52(83)109)95-65(120)41(82)16-14-20-89-81(86)87)66(121)90-30-55(112)93-50(31-108)73(128)105-62(37(9)10)78(133)101-49(28-58(117)118)79(134)107-21-15-17-51(107)74(129)98-46(25-53(84)110)69(124)97-48(27-57(115)116)72(127)104-61(36(7)8)77(132)100-44(23-40-29-88-32-91-40)70(125)102-59(34(3)4)75(130)92-39(13)64(119)94-42(18-19-56(113)114)67(122)106-63(38(11)12)80(135)136/h29,32-39,41-51,59-63,108H,14-28,30-31,82H2,1-13H3,(H2,83,109)(H2,84,110)(H2,85,111)(H,88,91)(H,90,121)(H,92,130)(H,93,112)(H,94,119)(H,95,120)(H,96,123)(H,97,124)(H,98,129)(H,99,131)(H,100,132)(H,101,133)(H,102,125)(H,103,126)(H,104,127)(H,105,128)(H,106,122)(H,113,114)(H,115,116)(H,117,118)(H,135,136)(H4,86,87,89)/t39-,41-,42-,43-,44-,45-,46-,47-,48-,49-,50-,51-,59-,60-,61-,62-,63-/m0/s1. The number of hydrogen-bond acceptors (Lipinski definition) is 28. The number of guanidine groups is 1. The predicted octanol–water partition coefficient (Wildman–Crippen LogP) is -11.2. The zero-order valence-corrected chi connectivity index (χ0v) is 77.8. The van der Waals surface area contributed by atoms with Gasteiger partial charge in [-0.3, -0.25) is 116 Å². The number of aliphatic hydroxyl groups is 1. The molecule has 34 N–H and O–H groups in total. The lowest BCUT2D eigenvalue weighted by Crippen LogP contribution is -2.62. The SMILES string of the molecule is CC(C)C[C@H](NC(=O)[C@@H](NC(=O)[C@H](CC(N)=O)NC(=O)[C@H](CC(N)=O)NC(=O)[C@@H](N)CCCNC(=N)N)C(C)C)C(=O)NCC(=O)N[C@@H](CO)C(=O)N[C@H](C(=O)N[C@@H](CC(=O)O)C(=O)N1CCC[C@H]1C(=O)N[C@@H](CC(N)=O)C(=O)N[C@@H](CC(=O)O)C(=O)N[C@H](C(=O)N[C@@H](Cc1c[nH]cn1)C(=O)N[C@H](C(=O)N[C@@H](C)C(=O)N[C@@H](CCC(=O)O)C(=O)N[C@H](C(=O)O)C(C)C)C(C)C)C(C)C)C(C)C. The van der Waals surface area contributed by atoms with Crippen molar-refractivity contribution < 1.29 is 141 Å². The average Bonchev–Trinajstić information content (AvgIpc) is 1.74. The summed E-state index contributed by atoms with van der Waals surface area (Å²) in [6, 6.07) is -28.9. The molecule has 1 aliphatic heterocycles. The van der Waals surface area contributed by atoms with Crippen LogP contribution in [0.25, 0.3) is 0 Å². The van der Waals surface area contributed by atoms with Crippen LogP contribution in [0.5, 0.6) is 0 Å². The Labute approximate surface area is 781 Å². The summed E-state index contributed by atoms with van der Waals surface area (Å²) in [4.78, 5) is 329. The minimum atomic E-state index is -2.16. The number of hydrogen-bond donors (Lipinski definition) is 29. The minimum absolute atomic E-state index is 0.00247. The van der Waals surface area contributed by atoms with Crippen molar-refractivity contribution >= 4 is 148 Å². The number of nitrogens with zero attached hydrogens (tertiary/aromatic N) is 2. The van der Waals surface area contributed by atoms with Gasteiger partial charge in [-0.1, -0.05) is 83.1 Å². The van der Waals surface area contributed by atoms with E-state index in [1.54, 1.807) is 13.8 Å². The highest BCUT2D eigenvalue weighted by Gasteiger charge is 2.44. The molecule has 0 aromatic carbocycles. The van der Waals surface area contributed by atoms with Gasteiger partial charge in [0, 0.05) is 32.1 Å². The van der Waals surface area contributed by atoms with Crippen LogP contribution in [-0.2, 0) is 121 Å². The zero-order valence-electron chi connectivity index (χ0n) is 77.8. The van der Waals surface area contributed by atoms with E-state index in [0.717, 1.165) is 4.90 Å². The lowest BCUT2D eigenvalue weighted by molar-refractivity contribution is -0.146. The van der Waals surface area contributed by atoms with Gasteiger partial charge in [0.15, 0.2) is 5.96 Å². The van der Waals surface area contributed by atoms with Gasteiger partial charge in [-0.15, -0.1) is 0 Å². The van der Waals surface area contributed by atoms with Crippen LogP contribution in [0.3, 0.4) is 0 Å². The molecule has 17 atom stereocenters. The van der Waals surface area contributed by atoms with Crippen molar-refractivity contribution in [3.63, 3.8) is 0 Å². The fraction of sp³-hybridized carbons (Fsp3) is 0.654. The molecule has 2 heterocycles. The van der Waals surface area contributed by atoms with E-state index in [1.807, 2.05) is 0 Å². The molecule has 0 aliphatic carbocycles. The number of amides is 20. The van der Waals surface area contributed by atoms with Gasteiger partial charge >= 0.3 is 23.9 Å². The van der Waals surface area contributed by atoms with Gasteiger partial charge in [0.05, 0.1) is 63.3 Å². The van der Waals surface area contributed by atoms with Crippen molar-refractivity contribution in [3.05, 3.63) is 18.2 Å². The molecule has 0 bridgehead atoms. The number of likely N-dealkylation sites (tertiary alicyclic amines) is 1. The second-order valence-electron chi connectivity index (χ2n) is 34.5. The first-order chi connectivity index (χ1) is 63.3. The molecule has 760 valence electrons. The molecule has 136 heavy (non-hydrogen) atoms. The summed E-state index contributed by atoms with van der Waals surface area (Å²) in [6.45, 7) is 16.7. The van der Waals surface area contributed by atoms with Crippen LogP contribution >= 0.6 is 0 Å². The van der Waals surface area contributed by atoms with Gasteiger partial charge in [0.25, 0.3) is 0 Å². The minimum Gasteiger partial charge on any atom is -0.481 e. The molecule has 1 aromatic rings. The fourth-order valence-corrected chi connectivity index (χ4v) is 13.4. The number of carboxylic acid groups (broad SMARTS) is 4. The number of nitrogens with two attached hydrogens (primary N) is 5. The van der Waals surface area contributed by atoms with E-state index in [9.17, 15) is 141 Å². The molecule has 1 aromatic heterocycles. The largest absolute Gasteiger partial charge is 0.481 e. The number of aliphatic carboxylic acids is 4. The van der Waals surface area contributed by atoms with Gasteiger partial charge in [0.2, 0.25) is 118 Å². The van der Waals surface area contributed by atoms with Gasteiger partial charge in [-0.05, 0) is 81.0 Å². The topological polar surface area (TPSA) is 901 Å². The molecule has 0 spiro atoms. The molecule has 55 heteroatoms. The summed E-state index contributed by atoms with van der Waals surface area (Å²) in [6.07, 6.45) is -4.29. The van der Waals surface area contributed by atoms with E-state index < -0.39 is 339 Å². The highest BCUT2D eigenvalue weighted by molar-refractivity contribution is 6.04. The second kappa shape index (κ2) is 57.3. The maximum Gasteiger partial charge on any atom is 0.326 e. The smallest absolute Gasteiger partial charge is 0.326 e. The highest BCUT2D eigenvalue weighted by atomic mass is 16.4. The summed E-state index contributed by atoms with van der Waals surface area (Å²) in [5.74, 6) is -34.0. The number of nitrogens with one attached hydrogen (secondary N) is 19. The Hall–Kier alpha value is -14.3. The summed E-state index contributed by atoms with van der Waals surface area (Å²) in [5, 5.41) is 96.2. The van der Waals surface area contributed by atoms with Gasteiger partial charge in [-0.25, -0.2) is 9.78 Å². The number of primary amides is 3. The molecule has 1 aliphatic rings. The molecule has 2 rings (SSSR count). The van der Waals surface area contributed by atoms with E-state index in [4.69, 9.17) is 34.1 Å². The molecule has 1 saturated heterocycles. The van der Waals surface area contributed by atoms with Crippen LogP contribution in [0.2, 0.25) is 0 Å². The van der Waals surface area contributed by atoms with Gasteiger partial charge < -0.3 is 154 Å². The summed E-state index contributed by atoms with van der Waals surface area (Å²) in [5.41, 5.74) is 27.6. The summed E-state index contributed by atoms with van der Waals surface area (Å²) in [7, 11) is 0. The molecule has 1 fully saturated rings. The van der Waals surface area contributed by atoms with Crippen LogP contribution in [-0.4, -0.2) is 317 Å². The fourth-order valence-electron chi connectivity index (χ4n) is 13.4. The molecular formula is C81H132N26O29. The normalized spacial score (nSPS) is 15.9. The van der Waals surface area contributed by atoms with Crippen molar-refractivity contribution in [2.24, 2.45) is 64.2 Å². The number of carbonyl (C=O) groups excluding carboxylic acids is 20. The van der Waals surface area contributed by atoms with Gasteiger partial charge in [0.1, 0.15) is 96.7 Å². The Kier molecular flexibility index (Phi) is 49.6. The Balaban J connectivity index is 2.35. The van der Waals surface area contributed by atoms with Crippen molar-refractivity contribution in [2.75, 3.05) is 26.2 Å². The maximum absolute atomic E-state index is 14.5. The zero-order chi connectivity index (χ0) is 104. The monoisotopic (exact) mass is 1930 g/mol. The van der Waals surface area contributed by atoms with Crippen LogP contribution in [0.4, 0.5) is 0 Å². The number of rotatable bonds is 61. The van der Waals surface area contributed by atoms with E-state index >= 15 is 0 Å². The molecule has 0 saturated carbocycles. The third-order valence-electron chi connectivity index (χ3n) is 20.8. The number of imidazole rings is 1. The third-order valence-corrected chi connectivity index (χ3v) is 20.8. The van der Waals surface area contributed by atoms with E-state index in [0.29, 0.717) is 0 Å². The number of carbonyl (C=O) groups is 24. The molecule has 0 unspecified atom stereocenters. The van der Waals surface area contributed by atoms with E-state index in [1.165, 1.54) is 88.7 Å². The third kappa shape index (κ3) is 41.4. The first-order valence-corrected chi connectivity index (χ1v) is 43.6. The van der Waals surface area contributed by atoms with Crippen LogP contribution in [0.15, 0.2) is 12.5 Å². The maximum atomic E-state index is 14.5. The predicted molar refractivity (Wildman–Crippen MR) is 473 cm³/mol. The van der Waals surface area contributed by atoms with Crippen molar-refractivity contribution in [2.45, 2.75) is 276 Å². The Morgan fingerprint density at radius 2 is 0.816 bits per heavy atom. The molecular weight excluding hydrogens is 1800 g/mol. The molecule has 0 radical (unpaired) electrons. The Morgan fingerprint density at radius 1 is 0.426 bits per heavy atom. The number of aromatic nitrogens is 2. The van der Waals surface area contributed by atoms with Gasteiger partial charge in [-0.2, -0.15) is 0 Å². The van der Waals surface area contributed by atoms with Crippen LogP contribution in [0.1, 0.15) is 173 Å². The average molecular weight is 1930 g/mol. The molecule has 20 amide bonds. The highest BCUT2D eigenvalue weighted by Crippen LogP contribution is 2.22. The lowest BCUT2D eigenvalue weighted by atomic mass is 9.99. The first-order valence-electron chi connectivity index (χ1n) is 43.6. The quantitative estimate of drug-likeness (QED) is 0.0164. The Bertz CT molecular complexity index is 4450. The first kappa shape index (κ1) is 118. The van der Waals surface area contributed by atoms with Crippen molar-refractivity contribution in [1.82, 2.24) is 105 Å². The van der Waals surface area contributed by atoms with E-state index in [-0.39, 0.29) is 62.8 Å². The lowest BCUT2D eigenvalue weighted by Gasteiger charge is -2.31. The van der Waals surface area contributed by atoms with Crippen molar-refractivity contribution in [3.8, 4) is 0 Å². The van der Waals surface area contributed by atoms with E-state index in [2.05, 4.69) is 100 Å². The number of aromatic amines is 1. The van der Waals surface area contributed by atoms with Crippen LogP contribution in [0, 0.1) is 40.9 Å². The number of carboxylic acids is 4. The number of H-pyrrole nitrogens is 1. The summed E-state index contributed by atoms with van der Waals surface area (Å²) < 4.78 is 0. The molecule has 55 nitrogen and oxygen atoms in total. The summed E-state index contributed by atoms with van der Waals surface area (Å²) >= 11 is 0.